The van der Waals surface area contributed by atoms with E-state index in [0.29, 0.717) is 24.5 Å². The molecule has 0 saturated carbocycles. The summed E-state index contributed by atoms with van der Waals surface area (Å²) in [4.78, 5) is 23.8. The Morgan fingerprint density at radius 2 is 1.70 bits per heavy atom. The fourth-order valence-electron chi connectivity index (χ4n) is 2.90. The minimum absolute atomic E-state index is 0.117. The maximum atomic E-state index is 12.7. The lowest BCUT2D eigenvalue weighted by Crippen LogP contribution is -2.41. The zero-order chi connectivity index (χ0) is 20.0. The number of carbonyl (C=O) groups excluding carboxylic acids is 1. The Bertz CT molecular complexity index is 829. The van der Waals surface area contributed by atoms with E-state index in [9.17, 15) is 9.59 Å². The minimum atomic E-state index is -1.01. The summed E-state index contributed by atoms with van der Waals surface area (Å²) in [6, 6.07) is 12.2. The molecule has 0 fully saturated rings. The molecule has 6 heteroatoms. The van der Waals surface area contributed by atoms with Crippen molar-refractivity contribution >= 4 is 11.9 Å². The van der Waals surface area contributed by atoms with Crippen LogP contribution in [-0.2, 0) is 16.6 Å². The van der Waals surface area contributed by atoms with Crippen molar-refractivity contribution < 1.29 is 24.2 Å². The molecule has 0 heterocycles. The number of rotatable bonds is 8. The summed E-state index contributed by atoms with van der Waals surface area (Å²) in [7, 11) is 3.08. The molecule has 0 unspecified atom stereocenters. The lowest BCUT2D eigenvalue weighted by Gasteiger charge is -2.26. The number of methoxy groups -OCH3 is 2. The maximum Gasteiger partial charge on any atom is 0.335 e. The molecule has 0 aliphatic rings. The monoisotopic (exact) mass is 371 g/mol. The van der Waals surface area contributed by atoms with Crippen LogP contribution in [0.25, 0.3) is 0 Å². The number of hydrogen-bond donors (Lipinski definition) is 2. The van der Waals surface area contributed by atoms with Crippen molar-refractivity contribution in [2.75, 3.05) is 20.8 Å². The molecule has 2 N–H and O–H groups in total. The number of nitrogens with one attached hydrogen (secondary N) is 1. The molecule has 0 atom stereocenters. The fourth-order valence-corrected chi connectivity index (χ4v) is 2.90. The number of carboxylic acid groups (broad SMARTS) is 1. The van der Waals surface area contributed by atoms with Crippen LogP contribution in [0.15, 0.2) is 42.5 Å². The van der Waals surface area contributed by atoms with E-state index in [2.05, 4.69) is 5.32 Å². The second-order valence-electron chi connectivity index (χ2n) is 6.66. The zero-order valence-electron chi connectivity index (χ0n) is 16.0. The van der Waals surface area contributed by atoms with Gasteiger partial charge in [0.15, 0.2) is 0 Å². The number of amides is 1. The van der Waals surface area contributed by atoms with Gasteiger partial charge in [0.2, 0.25) is 5.91 Å². The quantitative estimate of drug-likeness (QED) is 0.745. The number of hydrogen-bond acceptors (Lipinski definition) is 4. The van der Waals surface area contributed by atoms with Gasteiger partial charge < -0.3 is 19.9 Å². The third-order valence-electron chi connectivity index (χ3n) is 4.56. The zero-order valence-corrected chi connectivity index (χ0v) is 16.0. The Labute approximate surface area is 159 Å². The molecule has 2 aromatic rings. The highest BCUT2D eigenvalue weighted by atomic mass is 16.5. The number of para-hydroxylation sites is 1. The number of aromatic carboxylic acids is 1. The molecule has 144 valence electrons. The summed E-state index contributed by atoms with van der Waals surface area (Å²) in [5.41, 5.74) is 1.05. The Kier molecular flexibility index (Phi) is 6.45. The fraction of sp³-hybridized carbons (Fsp3) is 0.333. The second kappa shape index (κ2) is 8.58. The first kappa shape index (κ1) is 20.3. The first-order valence-electron chi connectivity index (χ1n) is 8.63. The summed E-state index contributed by atoms with van der Waals surface area (Å²) >= 11 is 0. The van der Waals surface area contributed by atoms with Crippen molar-refractivity contribution in [3.63, 3.8) is 0 Å². The predicted octanol–water partition coefficient (Wildman–Crippen LogP) is 3.04. The van der Waals surface area contributed by atoms with Gasteiger partial charge in [0.25, 0.3) is 0 Å². The molecular weight excluding hydrogens is 346 g/mol. The Hall–Kier alpha value is -3.02. The maximum absolute atomic E-state index is 12.7. The Morgan fingerprint density at radius 1 is 1.04 bits per heavy atom. The lowest BCUT2D eigenvalue weighted by atomic mass is 9.83. The van der Waals surface area contributed by atoms with Crippen molar-refractivity contribution in [1.82, 2.24) is 5.32 Å². The molecule has 0 bridgehead atoms. The van der Waals surface area contributed by atoms with E-state index in [1.807, 2.05) is 38.1 Å². The molecule has 2 aromatic carbocycles. The summed E-state index contributed by atoms with van der Waals surface area (Å²) in [5, 5.41) is 12.0. The van der Waals surface area contributed by atoms with Crippen molar-refractivity contribution in [2.24, 2.45) is 0 Å². The normalized spacial score (nSPS) is 11.0. The van der Waals surface area contributed by atoms with E-state index < -0.39 is 11.4 Å². The minimum Gasteiger partial charge on any atom is -0.496 e. The van der Waals surface area contributed by atoms with Gasteiger partial charge in [-0.1, -0.05) is 24.3 Å². The van der Waals surface area contributed by atoms with Crippen LogP contribution in [0.3, 0.4) is 0 Å². The van der Waals surface area contributed by atoms with Gasteiger partial charge in [-0.2, -0.15) is 0 Å². The summed E-state index contributed by atoms with van der Waals surface area (Å²) < 4.78 is 10.6. The highest BCUT2D eigenvalue weighted by Gasteiger charge is 2.32. The van der Waals surface area contributed by atoms with Gasteiger partial charge in [-0.15, -0.1) is 0 Å². The van der Waals surface area contributed by atoms with Crippen molar-refractivity contribution in [3.8, 4) is 11.5 Å². The largest absolute Gasteiger partial charge is 0.496 e. The van der Waals surface area contributed by atoms with Crippen molar-refractivity contribution in [3.05, 3.63) is 59.2 Å². The highest BCUT2D eigenvalue weighted by molar-refractivity contribution is 5.89. The van der Waals surface area contributed by atoms with Crippen LogP contribution >= 0.6 is 0 Å². The van der Waals surface area contributed by atoms with Crippen LogP contribution in [0.4, 0.5) is 0 Å². The molecule has 27 heavy (non-hydrogen) atoms. The molecule has 0 saturated heterocycles. The molecule has 0 aliphatic carbocycles. The first-order chi connectivity index (χ1) is 12.8. The van der Waals surface area contributed by atoms with Crippen molar-refractivity contribution in [1.29, 1.82) is 0 Å². The number of benzene rings is 2. The SMILES string of the molecule is COc1cc(C(=O)O)ccc1CCNC(=O)C(C)(C)c1ccccc1OC. The van der Waals surface area contributed by atoms with E-state index in [1.165, 1.54) is 19.2 Å². The Balaban J connectivity index is 2.06. The predicted molar refractivity (Wildman–Crippen MR) is 103 cm³/mol. The van der Waals surface area contributed by atoms with Crippen LogP contribution in [0, 0.1) is 0 Å². The van der Waals surface area contributed by atoms with Crippen LogP contribution in [0.2, 0.25) is 0 Å². The van der Waals surface area contributed by atoms with Crippen LogP contribution in [-0.4, -0.2) is 37.7 Å². The molecule has 0 radical (unpaired) electrons. The van der Waals surface area contributed by atoms with Gasteiger partial charge in [-0.3, -0.25) is 4.79 Å². The van der Waals surface area contributed by atoms with E-state index >= 15 is 0 Å². The molecule has 0 aromatic heterocycles. The molecule has 0 spiro atoms. The molecule has 2 rings (SSSR count). The first-order valence-corrected chi connectivity index (χ1v) is 8.63. The van der Waals surface area contributed by atoms with Crippen LogP contribution in [0.5, 0.6) is 11.5 Å². The van der Waals surface area contributed by atoms with Gasteiger partial charge in [-0.05, 0) is 44.0 Å². The van der Waals surface area contributed by atoms with Gasteiger partial charge in [0.05, 0.1) is 25.2 Å². The van der Waals surface area contributed by atoms with Crippen LogP contribution in [0.1, 0.15) is 35.3 Å². The lowest BCUT2D eigenvalue weighted by molar-refractivity contribution is -0.125. The number of carbonyl (C=O) groups is 2. The number of carboxylic acids is 1. The summed E-state index contributed by atoms with van der Waals surface area (Å²) in [5.74, 6) is 0.0385. The summed E-state index contributed by atoms with van der Waals surface area (Å²) in [6.07, 6.45) is 0.525. The van der Waals surface area contributed by atoms with Crippen molar-refractivity contribution in [2.45, 2.75) is 25.7 Å². The van der Waals surface area contributed by atoms with Gasteiger partial charge in [0, 0.05) is 12.1 Å². The smallest absolute Gasteiger partial charge is 0.335 e. The van der Waals surface area contributed by atoms with Gasteiger partial charge in [-0.25, -0.2) is 4.79 Å². The number of ether oxygens (including phenoxy) is 2. The molecule has 6 nitrogen and oxygen atoms in total. The standard InChI is InChI=1S/C21H25NO5/c1-21(2,16-7-5-6-8-17(16)26-3)20(25)22-12-11-14-9-10-15(19(23)24)13-18(14)27-4/h5-10,13H,11-12H2,1-4H3,(H,22,25)(H,23,24). The van der Waals surface area contributed by atoms with E-state index in [4.69, 9.17) is 14.6 Å². The molecule has 0 aliphatic heterocycles. The third kappa shape index (κ3) is 4.58. The third-order valence-corrected chi connectivity index (χ3v) is 4.56. The topological polar surface area (TPSA) is 84.9 Å². The summed E-state index contributed by atoms with van der Waals surface area (Å²) in [6.45, 7) is 4.10. The highest BCUT2D eigenvalue weighted by Crippen LogP contribution is 2.31. The van der Waals surface area contributed by atoms with E-state index in [-0.39, 0.29) is 11.5 Å². The molecular formula is C21H25NO5. The van der Waals surface area contributed by atoms with E-state index in [0.717, 1.165) is 11.1 Å². The van der Waals surface area contributed by atoms with Gasteiger partial charge in [0.1, 0.15) is 11.5 Å². The molecule has 1 amide bonds. The van der Waals surface area contributed by atoms with Gasteiger partial charge >= 0.3 is 5.97 Å². The average molecular weight is 371 g/mol. The Morgan fingerprint density at radius 3 is 2.33 bits per heavy atom. The average Bonchev–Trinajstić information content (AvgIpc) is 2.67. The van der Waals surface area contributed by atoms with E-state index in [1.54, 1.807) is 13.2 Å². The second-order valence-corrected chi connectivity index (χ2v) is 6.66. The van der Waals surface area contributed by atoms with Crippen LogP contribution < -0.4 is 14.8 Å².